The van der Waals surface area contributed by atoms with E-state index in [-0.39, 0.29) is 17.3 Å². The highest BCUT2D eigenvalue weighted by molar-refractivity contribution is 5.48. The predicted molar refractivity (Wildman–Crippen MR) is 79.9 cm³/mol. The van der Waals surface area contributed by atoms with Gasteiger partial charge in [0.25, 0.3) is 0 Å². The maximum atomic E-state index is 13.1. The molecule has 106 valence electrons. The van der Waals surface area contributed by atoms with Gasteiger partial charge in [-0.2, -0.15) is 0 Å². The number of nitrogens with two attached hydrogens (primary N) is 1. The lowest BCUT2D eigenvalue weighted by atomic mass is 9.75. The Balaban J connectivity index is 2.44. The monoisotopic (exact) mass is 273 g/mol. The van der Waals surface area contributed by atoms with Crippen LogP contribution in [0.3, 0.4) is 0 Å². The van der Waals surface area contributed by atoms with Gasteiger partial charge in [-0.1, -0.05) is 26.0 Å². The molecule has 0 bridgehead atoms. The van der Waals surface area contributed by atoms with Gasteiger partial charge in [0.05, 0.1) is 0 Å². The first-order chi connectivity index (χ1) is 9.46. The number of aromatic nitrogens is 1. The molecule has 1 unspecified atom stereocenters. The number of hydrogen-bond acceptors (Lipinski definition) is 3. The van der Waals surface area contributed by atoms with Crippen LogP contribution in [0.25, 0.3) is 0 Å². The molecule has 0 saturated carbocycles. The molecule has 0 fully saturated rings. The summed E-state index contributed by atoms with van der Waals surface area (Å²) in [5.41, 5.74) is 8.50. The number of halogens is 1. The average Bonchev–Trinajstić information content (AvgIpc) is 2.42. The molecule has 0 aliphatic heterocycles. The van der Waals surface area contributed by atoms with Gasteiger partial charge in [-0.25, -0.2) is 4.39 Å². The molecule has 1 heterocycles. The third-order valence-corrected chi connectivity index (χ3v) is 3.80. The molecular weight excluding hydrogens is 253 g/mol. The molecule has 1 aromatic heterocycles. The van der Waals surface area contributed by atoms with E-state index in [4.69, 9.17) is 5.73 Å². The standard InChI is InChI=1S/C16H20FN3/c1-16(2,11-4-6-12(17)7-5-11)15(19-3)13-10-20-9-8-14(13)18/h4-10,15,19H,1-3H3,(H2,18,20). The number of anilines is 1. The van der Waals surface area contributed by atoms with Crippen LogP contribution in [0.1, 0.15) is 31.0 Å². The zero-order valence-corrected chi connectivity index (χ0v) is 12.0. The lowest BCUT2D eigenvalue weighted by Crippen LogP contribution is -2.36. The quantitative estimate of drug-likeness (QED) is 0.900. The van der Waals surface area contributed by atoms with Crippen molar-refractivity contribution in [2.24, 2.45) is 0 Å². The Labute approximate surface area is 119 Å². The third kappa shape index (κ3) is 2.65. The minimum atomic E-state index is -0.250. The summed E-state index contributed by atoms with van der Waals surface area (Å²) in [7, 11) is 1.89. The highest BCUT2D eigenvalue weighted by atomic mass is 19.1. The maximum absolute atomic E-state index is 13.1. The Morgan fingerprint density at radius 2 is 1.85 bits per heavy atom. The van der Waals surface area contributed by atoms with Gasteiger partial charge in [0.2, 0.25) is 0 Å². The van der Waals surface area contributed by atoms with Crippen molar-refractivity contribution < 1.29 is 4.39 Å². The van der Waals surface area contributed by atoms with Gasteiger partial charge in [0.1, 0.15) is 5.82 Å². The van der Waals surface area contributed by atoms with Crippen LogP contribution in [-0.4, -0.2) is 12.0 Å². The van der Waals surface area contributed by atoms with Gasteiger partial charge in [-0.15, -0.1) is 0 Å². The molecular formula is C16H20FN3. The summed E-state index contributed by atoms with van der Waals surface area (Å²) in [6.45, 7) is 4.21. The Bertz CT molecular complexity index is 579. The van der Waals surface area contributed by atoms with E-state index in [1.807, 2.05) is 19.2 Å². The van der Waals surface area contributed by atoms with Crippen LogP contribution in [0, 0.1) is 5.82 Å². The second kappa shape index (κ2) is 5.59. The minimum Gasteiger partial charge on any atom is -0.398 e. The molecule has 3 nitrogen and oxygen atoms in total. The molecule has 4 heteroatoms. The lowest BCUT2D eigenvalue weighted by molar-refractivity contribution is 0.368. The van der Waals surface area contributed by atoms with Crippen molar-refractivity contribution in [2.45, 2.75) is 25.3 Å². The van der Waals surface area contributed by atoms with E-state index >= 15 is 0 Å². The van der Waals surface area contributed by atoms with E-state index in [0.29, 0.717) is 5.69 Å². The van der Waals surface area contributed by atoms with Crippen LogP contribution >= 0.6 is 0 Å². The normalized spacial score (nSPS) is 13.2. The van der Waals surface area contributed by atoms with E-state index in [2.05, 4.69) is 24.1 Å². The molecule has 0 radical (unpaired) electrons. The number of nitrogen functional groups attached to an aromatic ring is 1. The van der Waals surface area contributed by atoms with Crippen LogP contribution in [0.5, 0.6) is 0 Å². The fourth-order valence-corrected chi connectivity index (χ4v) is 2.61. The third-order valence-electron chi connectivity index (χ3n) is 3.80. The van der Waals surface area contributed by atoms with Gasteiger partial charge >= 0.3 is 0 Å². The lowest BCUT2D eigenvalue weighted by Gasteiger charge is -2.35. The molecule has 2 rings (SSSR count). The predicted octanol–water partition coefficient (Wildman–Crippen LogP) is 3.04. The number of likely N-dealkylation sites (N-methyl/N-ethyl adjacent to an activating group) is 1. The fourth-order valence-electron chi connectivity index (χ4n) is 2.61. The first-order valence-electron chi connectivity index (χ1n) is 6.59. The summed E-state index contributed by atoms with van der Waals surface area (Å²) in [5.74, 6) is -0.230. The first kappa shape index (κ1) is 14.5. The number of nitrogens with one attached hydrogen (secondary N) is 1. The van der Waals surface area contributed by atoms with Gasteiger partial charge in [-0.3, -0.25) is 4.98 Å². The van der Waals surface area contributed by atoms with Gasteiger partial charge in [0.15, 0.2) is 0 Å². The van der Waals surface area contributed by atoms with Crippen molar-refractivity contribution >= 4 is 5.69 Å². The second-order valence-corrected chi connectivity index (χ2v) is 5.45. The van der Waals surface area contributed by atoms with Crippen molar-refractivity contribution in [1.29, 1.82) is 0 Å². The number of benzene rings is 1. The highest BCUT2D eigenvalue weighted by Crippen LogP contribution is 2.38. The molecule has 0 saturated heterocycles. The van der Waals surface area contributed by atoms with Gasteiger partial charge < -0.3 is 11.1 Å². The van der Waals surface area contributed by atoms with Crippen LogP contribution in [-0.2, 0) is 5.41 Å². The summed E-state index contributed by atoms with van der Waals surface area (Å²) in [4.78, 5) is 4.16. The zero-order valence-electron chi connectivity index (χ0n) is 12.0. The second-order valence-electron chi connectivity index (χ2n) is 5.45. The van der Waals surface area contributed by atoms with Crippen molar-refractivity contribution in [3.05, 3.63) is 59.7 Å². The number of pyridine rings is 1. The van der Waals surface area contributed by atoms with Gasteiger partial charge in [-0.05, 0) is 30.8 Å². The maximum Gasteiger partial charge on any atom is 0.123 e. The first-order valence-corrected chi connectivity index (χ1v) is 6.59. The SMILES string of the molecule is CNC(c1cnccc1N)C(C)(C)c1ccc(F)cc1. The van der Waals surface area contributed by atoms with E-state index < -0.39 is 0 Å². The molecule has 20 heavy (non-hydrogen) atoms. The van der Waals surface area contributed by atoms with E-state index in [1.165, 1.54) is 12.1 Å². The summed E-state index contributed by atoms with van der Waals surface area (Å²) < 4.78 is 13.1. The van der Waals surface area contributed by atoms with E-state index in [1.54, 1.807) is 18.5 Å². The molecule has 0 aliphatic carbocycles. The summed E-state index contributed by atoms with van der Waals surface area (Å²) in [6.07, 6.45) is 3.46. The largest absolute Gasteiger partial charge is 0.398 e. The number of nitrogens with zero attached hydrogens (tertiary/aromatic N) is 1. The minimum absolute atomic E-state index is 0.0124. The molecule has 0 amide bonds. The summed E-state index contributed by atoms with van der Waals surface area (Å²) in [6, 6.07) is 8.37. The smallest absolute Gasteiger partial charge is 0.123 e. The molecule has 2 aromatic rings. The molecule has 0 aliphatic rings. The van der Waals surface area contributed by atoms with Crippen molar-refractivity contribution in [1.82, 2.24) is 10.3 Å². The Hall–Kier alpha value is -1.94. The Morgan fingerprint density at radius 1 is 1.20 bits per heavy atom. The van der Waals surface area contributed by atoms with Gasteiger partial charge in [0, 0.05) is 35.1 Å². The Morgan fingerprint density at radius 3 is 2.40 bits per heavy atom. The number of hydrogen-bond donors (Lipinski definition) is 2. The van der Waals surface area contributed by atoms with E-state index in [9.17, 15) is 4.39 Å². The zero-order chi connectivity index (χ0) is 14.8. The topological polar surface area (TPSA) is 50.9 Å². The highest BCUT2D eigenvalue weighted by Gasteiger charge is 2.32. The molecule has 1 atom stereocenters. The summed E-state index contributed by atoms with van der Waals surface area (Å²) >= 11 is 0. The van der Waals surface area contributed by atoms with Crippen molar-refractivity contribution in [2.75, 3.05) is 12.8 Å². The van der Waals surface area contributed by atoms with Crippen LogP contribution in [0.15, 0.2) is 42.7 Å². The molecule has 1 aromatic carbocycles. The van der Waals surface area contributed by atoms with Crippen LogP contribution in [0.4, 0.5) is 10.1 Å². The Kier molecular flexibility index (Phi) is 4.04. The van der Waals surface area contributed by atoms with Crippen LogP contribution in [0.2, 0.25) is 0 Å². The fraction of sp³-hybridized carbons (Fsp3) is 0.312. The molecule has 3 N–H and O–H groups in total. The number of rotatable bonds is 4. The molecule has 0 spiro atoms. The van der Waals surface area contributed by atoms with E-state index in [0.717, 1.165) is 11.1 Å². The summed E-state index contributed by atoms with van der Waals surface area (Å²) in [5, 5.41) is 3.30. The van der Waals surface area contributed by atoms with Crippen molar-refractivity contribution in [3.8, 4) is 0 Å². The van der Waals surface area contributed by atoms with Crippen LogP contribution < -0.4 is 11.1 Å². The van der Waals surface area contributed by atoms with Crippen molar-refractivity contribution in [3.63, 3.8) is 0 Å². The average molecular weight is 273 g/mol.